The Labute approximate surface area is 138 Å². The van der Waals surface area contributed by atoms with E-state index in [9.17, 15) is 0 Å². The molecule has 0 aliphatic rings. The smallest absolute Gasteiger partial charge is 0.228 e. The van der Waals surface area contributed by atoms with Crippen molar-refractivity contribution in [2.24, 2.45) is 0 Å². The summed E-state index contributed by atoms with van der Waals surface area (Å²) in [7, 11) is 1.63. The molecule has 24 heavy (non-hydrogen) atoms. The fraction of sp³-hybridized carbons (Fsp3) is 0.0556. The predicted molar refractivity (Wildman–Crippen MR) is 91.3 cm³/mol. The number of aromatic nitrogens is 3. The molecule has 6 heteroatoms. The number of methoxy groups -OCH3 is 1. The first-order valence-corrected chi connectivity index (χ1v) is 7.42. The maximum absolute atomic E-state index is 5.49. The van der Waals surface area contributed by atoms with Crippen molar-refractivity contribution in [2.45, 2.75) is 0 Å². The van der Waals surface area contributed by atoms with Gasteiger partial charge in [0.05, 0.1) is 7.11 Å². The van der Waals surface area contributed by atoms with Crippen molar-refractivity contribution in [3.63, 3.8) is 0 Å². The van der Waals surface area contributed by atoms with Crippen molar-refractivity contribution in [3.8, 4) is 17.0 Å². The van der Waals surface area contributed by atoms with Gasteiger partial charge in [-0.05, 0) is 24.3 Å². The number of nitrogens with one attached hydrogen (secondary N) is 1. The van der Waals surface area contributed by atoms with Crippen LogP contribution in [-0.2, 0) is 0 Å². The van der Waals surface area contributed by atoms with Gasteiger partial charge in [-0.2, -0.15) is 0 Å². The maximum Gasteiger partial charge on any atom is 0.228 e. The molecule has 0 atom stereocenters. The van der Waals surface area contributed by atoms with Crippen LogP contribution in [0.2, 0.25) is 0 Å². The summed E-state index contributed by atoms with van der Waals surface area (Å²) in [6.07, 6.45) is 1.50. The van der Waals surface area contributed by atoms with Crippen molar-refractivity contribution >= 4 is 22.6 Å². The number of benzene rings is 2. The molecule has 0 aliphatic heterocycles. The van der Waals surface area contributed by atoms with Crippen LogP contribution in [0.15, 0.2) is 65.4 Å². The second-order valence-corrected chi connectivity index (χ2v) is 5.15. The molecule has 4 rings (SSSR count). The lowest BCUT2D eigenvalue weighted by Gasteiger charge is -2.06. The Hall–Kier alpha value is -3.41. The maximum atomic E-state index is 5.49. The summed E-state index contributed by atoms with van der Waals surface area (Å²) >= 11 is 0. The quantitative estimate of drug-likeness (QED) is 0.612. The van der Waals surface area contributed by atoms with Crippen LogP contribution < -0.4 is 10.1 Å². The Bertz CT molecular complexity index is 965. The summed E-state index contributed by atoms with van der Waals surface area (Å²) in [4.78, 5) is 8.58. The van der Waals surface area contributed by atoms with Crippen molar-refractivity contribution < 1.29 is 9.26 Å². The molecule has 2 aromatic carbocycles. The molecule has 2 aromatic heterocycles. The highest BCUT2D eigenvalue weighted by Crippen LogP contribution is 2.30. The zero-order valence-corrected chi connectivity index (χ0v) is 12.9. The molecule has 0 fully saturated rings. The van der Waals surface area contributed by atoms with Gasteiger partial charge in [0.15, 0.2) is 5.82 Å². The molecule has 0 saturated carbocycles. The van der Waals surface area contributed by atoms with E-state index >= 15 is 0 Å². The first-order chi connectivity index (χ1) is 11.8. The van der Waals surface area contributed by atoms with Crippen LogP contribution in [0, 0.1) is 0 Å². The Kier molecular flexibility index (Phi) is 3.55. The minimum Gasteiger partial charge on any atom is -0.497 e. The van der Waals surface area contributed by atoms with Gasteiger partial charge in [-0.1, -0.05) is 35.5 Å². The summed E-state index contributed by atoms with van der Waals surface area (Å²) in [6, 6.07) is 17.3. The monoisotopic (exact) mass is 318 g/mol. The molecule has 0 unspecified atom stereocenters. The molecular weight excluding hydrogens is 304 g/mol. The standard InChI is InChI=1S/C18H14N4O2/c1-23-14-9-7-13(8-10-14)21-18-17-16(19-11-20-18)15(22-24-17)12-5-3-2-4-6-12/h2-11H,1H3,(H,19,20,21). The number of fused-ring (bicyclic) bond motifs is 1. The van der Waals surface area contributed by atoms with E-state index in [1.54, 1.807) is 7.11 Å². The zero-order chi connectivity index (χ0) is 16.4. The lowest BCUT2D eigenvalue weighted by atomic mass is 10.1. The number of rotatable bonds is 4. The third-order valence-corrected chi connectivity index (χ3v) is 3.66. The van der Waals surface area contributed by atoms with Gasteiger partial charge in [0.25, 0.3) is 0 Å². The highest BCUT2D eigenvalue weighted by molar-refractivity contribution is 5.94. The molecule has 0 aliphatic carbocycles. The van der Waals surface area contributed by atoms with Crippen LogP contribution in [0.25, 0.3) is 22.4 Å². The van der Waals surface area contributed by atoms with Gasteiger partial charge in [0, 0.05) is 11.3 Å². The van der Waals surface area contributed by atoms with Gasteiger partial charge in [-0.25, -0.2) is 9.97 Å². The fourth-order valence-electron chi connectivity index (χ4n) is 2.45. The third-order valence-electron chi connectivity index (χ3n) is 3.66. The average molecular weight is 318 g/mol. The summed E-state index contributed by atoms with van der Waals surface area (Å²) in [6.45, 7) is 0. The first kappa shape index (κ1) is 14.2. The van der Waals surface area contributed by atoms with E-state index in [-0.39, 0.29) is 0 Å². The largest absolute Gasteiger partial charge is 0.497 e. The number of ether oxygens (including phenoxy) is 1. The van der Waals surface area contributed by atoms with Crippen LogP contribution >= 0.6 is 0 Å². The summed E-state index contributed by atoms with van der Waals surface area (Å²) in [5.74, 6) is 1.36. The molecule has 0 saturated heterocycles. The van der Waals surface area contributed by atoms with Gasteiger partial charge >= 0.3 is 0 Å². The van der Waals surface area contributed by atoms with Crippen molar-refractivity contribution in [1.82, 2.24) is 15.1 Å². The molecule has 4 aromatic rings. The fourth-order valence-corrected chi connectivity index (χ4v) is 2.45. The average Bonchev–Trinajstić information content (AvgIpc) is 3.08. The molecule has 118 valence electrons. The van der Waals surface area contributed by atoms with E-state index in [0.29, 0.717) is 22.6 Å². The van der Waals surface area contributed by atoms with E-state index in [1.165, 1.54) is 6.33 Å². The molecule has 0 radical (unpaired) electrons. The second-order valence-electron chi connectivity index (χ2n) is 5.15. The van der Waals surface area contributed by atoms with Crippen LogP contribution in [0.5, 0.6) is 5.75 Å². The number of hydrogen-bond acceptors (Lipinski definition) is 6. The lowest BCUT2D eigenvalue weighted by molar-refractivity contribution is 0.415. The highest BCUT2D eigenvalue weighted by Gasteiger charge is 2.16. The van der Waals surface area contributed by atoms with E-state index in [0.717, 1.165) is 17.0 Å². The SMILES string of the molecule is COc1ccc(Nc2ncnc3c(-c4ccccc4)noc23)cc1. The Morgan fingerprint density at radius 3 is 2.50 bits per heavy atom. The van der Waals surface area contributed by atoms with Gasteiger partial charge < -0.3 is 14.6 Å². The van der Waals surface area contributed by atoms with Gasteiger partial charge in [0.2, 0.25) is 5.58 Å². The Balaban J connectivity index is 1.73. The number of anilines is 2. The normalized spacial score (nSPS) is 10.7. The summed E-state index contributed by atoms with van der Waals surface area (Å²) in [5, 5.41) is 7.38. The third kappa shape index (κ3) is 2.54. The molecule has 0 spiro atoms. The lowest BCUT2D eigenvalue weighted by Crippen LogP contribution is -1.95. The van der Waals surface area contributed by atoms with Crippen LogP contribution in [0.3, 0.4) is 0 Å². The first-order valence-electron chi connectivity index (χ1n) is 7.42. The van der Waals surface area contributed by atoms with Crippen LogP contribution in [0.4, 0.5) is 11.5 Å². The van der Waals surface area contributed by atoms with E-state index in [4.69, 9.17) is 9.26 Å². The molecule has 0 bridgehead atoms. The van der Waals surface area contributed by atoms with Crippen molar-refractivity contribution in [2.75, 3.05) is 12.4 Å². The molecule has 6 nitrogen and oxygen atoms in total. The summed E-state index contributed by atoms with van der Waals surface area (Å²) in [5.41, 5.74) is 3.71. The van der Waals surface area contributed by atoms with Gasteiger partial charge in [-0.3, -0.25) is 0 Å². The van der Waals surface area contributed by atoms with E-state index in [2.05, 4.69) is 20.4 Å². The zero-order valence-electron chi connectivity index (χ0n) is 12.9. The molecule has 2 heterocycles. The topological polar surface area (TPSA) is 73.1 Å². The second kappa shape index (κ2) is 6.00. The van der Waals surface area contributed by atoms with Gasteiger partial charge in [-0.15, -0.1) is 0 Å². The number of nitrogens with zero attached hydrogens (tertiary/aromatic N) is 3. The van der Waals surface area contributed by atoms with E-state index < -0.39 is 0 Å². The number of hydrogen-bond donors (Lipinski definition) is 1. The Morgan fingerprint density at radius 1 is 0.958 bits per heavy atom. The molecule has 1 N–H and O–H groups in total. The summed E-state index contributed by atoms with van der Waals surface area (Å²) < 4.78 is 10.6. The molecular formula is C18H14N4O2. The highest BCUT2D eigenvalue weighted by atomic mass is 16.5. The Morgan fingerprint density at radius 2 is 1.75 bits per heavy atom. The van der Waals surface area contributed by atoms with E-state index in [1.807, 2.05) is 54.6 Å². The minimum atomic E-state index is 0.521. The predicted octanol–water partition coefficient (Wildman–Crippen LogP) is 4.04. The molecule has 0 amide bonds. The van der Waals surface area contributed by atoms with Crippen LogP contribution in [-0.4, -0.2) is 22.2 Å². The van der Waals surface area contributed by atoms with Crippen LogP contribution in [0.1, 0.15) is 0 Å². The van der Waals surface area contributed by atoms with Crippen molar-refractivity contribution in [3.05, 3.63) is 60.9 Å². The van der Waals surface area contributed by atoms with Gasteiger partial charge in [0.1, 0.15) is 23.3 Å². The minimum absolute atomic E-state index is 0.521. The van der Waals surface area contributed by atoms with Crippen molar-refractivity contribution in [1.29, 1.82) is 0 Å².